The molecular weight excluding hydrogens is 762 g/mol. The first-order valence-corrected chi connectivity index (χ1v) is 22.4. The van der Waals surface area contributed by atoms with Gasteiger partial charge in [-0.1, -0.05) is 20.1 Å². The minimum atomic E-state index is -0.864. The number of aliphatic hydroxyl groups is 1. The van der Waals surface area contributed by atoms with Crippen LogP contribution < -0.4 is 5.32 Å². The van der Waals surface area contributed by atoms with E-state index in [1.807, 2.05) is 0 Å². The number of hydrogen-bond acceptors (Lipinski definition) is 13. The predicted octanol–water partition coefficient (Wildman–Crippen LogP) is 5.25. The molecule has 14 nitrogen and oxygen atoms in total. The summed E-state index contributed by atoms with van der Waals surface area (Å²) in [5.74, 6) is -0.430. The molecule has 59 heavy (non-hydrogen) atoms. The lowest BCUT2D eigenvalue weighted by Crippen LogP contribution is -2.61. The first-order chi connectivity index (χ1) is 28.1. The van der Waals surface area contributed by atoms with E-state index in [4.69, 9.17) is 47.4 Å². The Balaban J connectivity index is 0.814. The summed E-state index contributed by atoms with van der Waals surface area (Å²) in [6, 6.07) is 0. The van der Waals surface area contributed by atoms with Crippen molar-refractivity contribution < 1.29 is 62.1 Å². The summed E-state index contributed by atoms with van der Waals surface area (Å²) in [5, 5.41) is 13.2. The van der Waals surface area contributed by atoms with Crippen LogP contribution in [-0.4, -0.2) is 140 Å². The van der Waals surface area contributed by atoms with Gasteiger partial charge in [-0.25, -0.2) is 4.79 Å². The van der Waals surface area contributed by atoms with Crippen molar-refractivity contribution in [1.29, 1.82) is 0 Å². The molecule has 0 radical (unpaired) electrons. The highest BCUT2D eigenvalue weighted by Crippen LogP contribution is 2.54. The number of Topliss-reactive ketones (excluding diaryl/α,β-unsaturated/α-hetero) is 1. The van der Waals surface area contributed by atoms with E-state index in [0.717, 1.165) is 44.1 Å². The number of alkyl carbamates (subject to hydrolysis) is 1. The molecule has 12 unspecified atom stereocenters. The molecule has 0 saturated carbocycles. The quantitative estimate of drug-likeness (QED) is 0.207. The molecule has 0 aromatic carbocycles. The number of carbonyl (C=O) groups is 2. The van der Waals surface area contributed by atoms with Crippen LogP contribution in [0.4, 0.5) is 4.79 Å². The van der Waals surface area contributed by atoms with Gasteiger partial charge in [-0.15, -0.1) is 0 Å². The summed E-state index contributed by atoms with van der Waals surface area (Å²) in [6.45, 7) is 18.6. The Bertz CT molecular complexity index is 1540. The van der Waals surface area contributed by atoms with E-state index >= 15 is 0 Å². The van der Waals surface area contributed by atoms with Gasteiger partial charge in [0.15, 0.2) is 5.79 Å². The minimum absolute atomic E-state index is 0.0185. The lowest BCUT2D eigenvalue weighted by molar-refractivity contribution is -0.292. The third kappa shape index (κ3) is 9.67. The Morgan fingerprint density at radius 2 is 1.66 bits per heavy atom. The fourth-order valence-corrected chi connectivity index (χ4v) is 11.1. The number of aliphatic hydroxyl groups excluding tert-OH is 1. The van der Waals surface area contributed by atoms with Crippen LogP contribution in [0.25, 0.3) is 0 Å². The van der Waals surface area contributed by atoms with Crippen molar-refractivity contribution in [2.45, 2.75) is 215 Å². The summed E-state index contributed by atoms with van der Waals surface area (Å²) in [4.78, 5) is 25.6. The van der Waals surface area contributed by atoms with E-state index in [1.54, 1.807) is 27.9 Å². The van der Waals surface area contributed by atoms with Crippen LogP contribution in [0.5, 0.6) is 0 Å². The van der Waals surface area contributed by atoms with E-state index in [-0.39, 0.29) is 117 Å². The Labute approximate surface area is 349 Å². The number of rotatable bonds is 15. The molecule has 9 aliphatic heterocycles. The van der Waals surface area contributed by atoms with Gasteiger partial charge in [-0.05, 0) is 89.7 Å². The van der Waals surface area contributed by atoms with Crippen LogP contribution in [0, 0.1) is 11.8 Å². The van der Waals surface area contributed by atoms with E-state index in [1.165, 1.54) is 5.57 Å². The predicted molar refractivity (Wildman–Crippen MR) is 214 cm³/mol. The largest absolute Gasteiger partial charge is 0.444 e. The van der Waals surface area contributed by atoms with Crippen molar-refractivity contribution >= 4 is 11.9 Å². The monoisotopic (exact) mass is 831 g/mol. The van der Waals surface area contributed by atoms with Gasteiger partial charge in [0.25, 0.3) is 0 Å². The smallest absolute Gasteiger partial charge is 0.407 e. The number of nitrogens with one attached hydrogen (secondary N) is 1. The van der Waals surface area contributed by atoms with Gasteiger partial charge < -0.3 is 57.8 Å². The molecule has 9 rings (SSSR count). The third-order valence-electron chi connectivity index (χ3n) is 14.1. The lowest BCUT2D eigenvalue weighted by atomic mass is 9.86. The molecule has 332 valence electrons. The van der Waals surface area contributed by atoms with Crippen molar-refractivity contribution in [2.75, 3.05) is 20.3 Å². The molecule has 9 aliphatic rings. The van der Waals surface area contributed by atoms with Crippen molar-refractivity contribution in [2.24, 2.45) is 11.8 Å². The van der Waals surface area contributed by atoms with Gasteiger partial charge >= 0.3 is 6.09 Å². The van der Waals surface area contributed by atoms with Gasteiger partial charge in [0.1, 0.15) is 41.9 Å². The second-order valence-electron chi connectivity index (χ2n) is 19.7. The van der Waals surface area contributed by atoms with E-state index in [2.05, 4.69) is 32.3 Å². The molecule has 9 saturated heterocycles. The minimum Gasteiger partial charge on any atom is -0.444 e. The molecule has 2 N–H and O–H groups in total. The SMILES string of the molecule is C=C1C(C)CC(CC[C@@H]2OC(CC[C@@]34CC5OC6C(O3)[C@H]3OC(CC(=O)CC7CO[C@H](CC(O)CNC(=O)OC(C)(C)C)[C@@H]7OC)CCC3O[C@H]6C5O4)CC2=C)OC1C. The van der Waals surface area contributed by atoms with Gasteiger partial charge in [0, 0.05) is 51.7 Å². The van der Waals surface area contributed by atoms with E-state index in [0.29, 0.717) is 31.8 Å². The van der Waals surface area contributed by atoms with Crippen LogP contribution in [0.2, 0.25) is 0 Å². The standard InChI is InChI=1S/C45H69NO13/c1-23-15-30(52-26(4)25(23)3)9-11-33-24(2)16-32(53-33)13-14-45-20-36-39(57-45)40-41(56-36)42(58-45)38-34(55-40)12-10-31(54-38)18-28(47)17-27-22-51-35(37(27)50-8)19-29(48)21-46-43(49)59-44(5,6)7/h23,26-27,29-42,48H,2-3,9-22H2,1,4-8H3,(H,46,49)/t23?,26?,27?,29?,30?,31?,32?,33-,34?,35+,36?,37+,38-,39?,40-,41?,42?,45-/m0/s1. The Morgan fingerprint density at radius 1 is 0.898 bits per heavy atom. The molecule has 14 heteroatoms. The fraction of sp³-hybridized carbons (Fsp3) is 0.867. The Morgan fingerprint density at radius 3 is 2.42 bits per heavy atom. The highest BCUT2D eigenvalue weighted by atomic mass is 16.8. The number of fused-ring (bicyclic) bond motifs is 1. The van der Waals surface area contributed by atoms with Gasteiger partial charge in [-0.2, -0.15) is 0 Å². The normalized spacial score (nSPS) is 44.4. The van der Waals surface area contributed by atoms with Crippen molar-refractivity contribution in [3.05, 3.63) is 24.3 Å². The topological polar surface area (TPSA) is 159 Å². The summed E-state index contributed by atoms with van der Waals surface area (Å²) >= 11 is 0. The van der Waals surface area contributed by atoms with Crippen LogP contribution in [0.1, 0.15) is 112 Å². The number of ketones is 1. The number of carbonyl (C=O) groups excluding carboxylic acids is 2. The fourth-order valence-electron chi connectivity index (χ4n) is 11.1. The number of ether oxygens (including phenoxy) is 10. The first-order valence-electron chi connectivity index (χ1n) is 22.4. The van der Waals surface area contributed by atoms with E-state index < -0.39 is 29.7 Å². The zero-order valence-corrected chi connectivity index (χ0v) is 36.0. The average Bonchev–Trinajstić information content (AvgIpc) is 3.87. The average molecular weight is 832 g/mol. The molecular formula is C45H69NO13. The summed E-state index contributed by atoms with van der Waals surface area (Å²) in [6.07, 6.45) is 4.25. The van der Waals surface area contributed by atoms with Gasteiger partial charge in [0.05, 0.1) is 67.6 Å². The lowest BCUT2D eigenvalue weighted by Gasteiger charge is -2.47. The first kappa shape index (κ1) is 43.7. The zero-order valence-electron chi connectivity index (χ0n) is 36.0. The Hall–Kier alpha value is -1.98. The molecule has 0 aromatic rings. The highest BCUT2D eigenvalue weighted by molar-refractivity contribution is 5.79. The molecule has 9 fully saturated rings. The molecule has 0 aromatic heterocycles. The highest BCUT2D eigenvalue weighted by Gasteiger charge is 2.68. The summed E-state index contributed by atoms with van der Waals surface area (Å²) in [7, 11) is 1.60. The van der Waals surface area contributed by atoms with Crippen molar-refractivity contribution in [1.82, 2.24) is 5.32 Å². The van der Waals surface area contributed by atoms with Crippen LogP contribution in [0.3, 0.4) is 0 Å². The van der Waals surface area contributed by atoms with Crippen LogP contribution in [-0.2, 0) is 52.2 Å². The number of amides is 1. The maximum absolute atomic E-state index is 13.6. The van der Waals surface area contributed by atoms with Crippen molar-refractivity contribution in [3.8, 4) is 0 Å². The molecule has 0 aliphatic carbocycles. The Kier molecular flexibility index (Phi) is 13.1. The molecule has 18 atom stereocenters. The zero-order chi connectivity index (χ0) is 41.8. The third-order valence-corrected chi connectivity index (χ3v) is 14.1. The molecule has 9 heterocycles. The second kappa shape index (κ2) is 17.7. The summed E-state index contributed by atoms with van der Waals surface area (Å²) < 4.78 is 63.7. The van der Waals surface area contributed by atoms with Crippen LogP contribution >= 0.6 is 0 Å². The van der Waals surface area contributed by atoms with E-state index in [9.17, 15) is 14.7 Å². The van der Waals surface area contributed by atoms with Crippen molar-refractivity contribution in [3.63, 3.8) is 0 Å². The van der Waals surface area contributed by atoms with Gasteiger partial charge in [0.2, 0.25) is 0 Å². The maximum atomic E-state index is 13.6. The molecule has 6 bridgehead atoms. The number of methoxy groups -OCH3 is 1. The van der Waals surface area contributed by atoms with Crippen LogP contribution in [0.15, 0.2) is 24.3 Å². The van der Waals surface area contributed by atoms with Gasteiger partial charge in [-0.3, -0.25) is 4.79 Å². The number of hydrogen-bond donors (Lipinski definition) is 2. The molecule has 1 amide bonds. The summed E-state index contributed by atoms with van der Waals surface area (Å²) in [5.41, 5.74) is 1.70. The molecule has 0 spiro atoms. The second-order valence-corrected chi connectivity index (χ2v) is 19.7. The maximum Gasteiger partial charge on any atom is 0.407 e.